The van der Waals surface area contributed by atoms with Crippen molar-refractivity contribution in [1.29, 1.82) is 5.26 Å². The van der Waals surface area contributed by atoms with Gasteiger partial charge in [0.1, 0.15) is 17.4 Å². The van der Waals surface area contributed by atoms with Gasteiger partial charge in [-0.05, 0) is 37.1 Å². The molecule has 0 amide bonds. The molecule has 0 heterocycles. The molecule has 102 valence electrons. The summed E-state index contributed by atoms with van der Waals surface area (Å²) in [6, 6.07) is 9.85. The van der Waals surface area contributed by atoms with Crippen molar-refractivity contribution >= 4 is 0 Å². The normalized spacial score (nSPS) is 26.1. The van der Waals surface area contributed by atoms with E-state index in [-0.39, 0.29) is 12.7 Å². The molecule has 0 bridgehead atoms. The number of nitrogens with one attached hydrogen (secondary N) is 1. The maximum absolute atomic E-state index is 9.31. The summed E-state index contributed by atoms with van der Waals surface area (Å²) in [6.45, 7) is 2.82. The highest BCUT2D eigenvalue weighted by molar-refractivity contribution is 5.28. The van der Waals surface area contributed by atoms with Gasteiger partial charge in [0.15, 0.2) is 0 Å². The fourth-order valence-corrected chi connectivity index (χ4v) is 2.65. The van der Waals surface area contributed by atoms with Crippen molar-refractivity contribution in [2.75, 3.05) is 6.54 Å². The number of rotatable bonds is 5. The van der Waals surface area contributed by atoms with E-state index in [0.717, 1.165) is 30.7 Å². The van der Waals surface area contributed by atoms with E-state index in [1.807, 2.05) is 31.2 Å². The smallest absolute Gasteiger partial charge is 0.120 e. The van der Waals surface area contributed by atoms with Crippen LogP contribution in [0.2, 0.25) is 0 Å². The minimum Gasteiger partial charge on any atom is -0.490 e. The van der Waals surface area contributed by atoms with Crippen molar-refractivity contribution < 1.29 is 9.84 Å². The number of benzene rings is 1. The van der Waals surface area contributed by atoms with Gasteiger partial charge in [-0.3, -0.25) is 5.32 Å². The molecule has 2 N–H and O–H groups in total. The molecule has 1 aliphatic carbocycles. The highest BCUT2D eigenvalue weighted by Gasteiger charge is 2.39. The van der Waals surface area contributed by atoms with Gasteiger partial charge < -0.3 is 9.84 Å². The quantitative estimate of drug-likeness (QED) is 0.849. The van der Waals surface area contributed by atoms with Gasteiger partial charge in [0.2, 0.25) is 0 Å². The van der Waals surface area contributed by atoms with Crippen LogP contribution in [-0.4, -0.2) is 23.3 Å². The SMILES string of the molecule is CCNC1(C#N)CCC(Oc2cccc(CO)c2)C1. The van der Waals surface area contributed by atoms with E-state index in [4.69, 9.17) is 9.84 Å². The van der Waals surface area contributed by atoms with E-state index in [9.17, 15) is 5.26 Å². The number of hydrogen-bond donors (Lipinski definition) is 2. The van der Waals surface area contributed by atoms with Crippen molar-refractivity contribution in [3.8, 4) is 11.8 Å². The Bertz CT molecular complexity index is 469. The Morgan fingerprint density at radius 1 is 1.58 bits per heavy atom. The minimum atomic E-state index is -0.437. The third-order valence-electron chi connectivity index (χ3n) is 3.58. The molecule has 1 aliphatic rings. The molecule has 1 fully saturated rings. The standard InChI is InChI=1S/C15H20N2O2/c1-2-17-15(11-16)7-6-14(9-15)19-13-5-3-4-12(8-13)10-18/h3-5,8,14,17-18H,2,6-7,9-10H2,1H3. The first-order chi connectivity index (χ1) is 9.21. The molecule has 0 aliphatic heterocycles. The number of aliphatic hydroxyl groups excluding tert-OH is 1. The molecule has 2 unspecified atom stereocenters. The van der Waals surface area contributed by atoms with Crippen molar-refractivity contribution in [3.05, 3.63) is 29.8 Å². The van der Waals surface area contributed by atoms with Gasteiger partial charge in [-0.1, -0.05) is 19.1 Å². The minimum absolute atomic E-state index is 0.0153. The van der Waals surface area contributed by atoms with E-state index >= 15 is 0 Å². The highest BCUT2D eigenvalue weighted by atomic mass is 16.5. The molecule has 19 heavy (non-hydrogen) atoms. The molecular formula is C15H20N2O2. The Hall–Kier alpha value is -1.57. The van der Waals surface area contributed by atoms with Crippen LogP contribution in [0.25, 0.3) is 0 Å². The number of ether oxygens (including phenoxy) is 1. The lowest BCUT2D eigenvalue weighted by molar-refractivity contribution is 0.200. The topological polar surface area (TPSA) is 65.3 Å². The summed E-state index contributed by atoms with van der Waals surface area (Å²) < 4.78 is 5.92. The molecule has 2 atom stereocenters. The van der Waals surface area contributed by atoms with E-state index in [0.29, 0.717) is 6.42 Å². The molecule has 0 aromatic heterocycles. The predicted molar refractivity (Wildman–Crippen MR) is 72.7 cm³/mol. The molecule has 1 aromatic carbocycles. The van der Waals surface area contributed by atoms with Crippen LogP contribution >= 0.6 is 0 Å². The van der Waals surface area contributed by atoms with Crippen LogP contribution in [0.3, 0.4) is 0 Å². The molecule has 4 heteroatoms. The zero-order valence-electron chi connectivity index (χ0n) is 11.2. The van der Waals surface area contributed by atoms with E-state index in [2.05, 4.69) is 11.4 Å². The van der Waals surface area contributed by atoms with Crippen molar-refractivity contribution in [2.24, 2.45) is 0 Å². The number of hydrogen-bond acceptors (Lipinski definition) is 4. The van der Waals surface area contributed by atoms with Gasteiger partial charge in [-0.2, -0.15) is 5.26 Å². The van der Waals surface area contributed by atoms with Crippen LogP contribution in [0.1, 0.15) is 31.7 Å². The third-order valence-corrected chi connectivity index (χ3v) is 3.58. The zero-order valence-corrected chi connectivity index (χ0v) is 11.2. The predicted octanol–water partition coefficient (Wildman–Crippen LogP) is 1.98. The lowest BCUT2D eigenvalue weighted by Gasteiger charge is -2.22. The molecular weight excluding hydrogens is 240 g/mol. The Kier molecular flexibility index (Phi) is 4.41. The van der Waals surface area contributed by atoms with Gasteiger partial charge in [0.25, 0.3) is 0 Å². The lowest BCUT2D eigenvalue weighted by atomic mass is 10.00. The summed E-state index contributed by atoms with van der Waals surface area (Å²) in [6.07, 6.45) is 2.47. The van der Waals surface area contributed by atoms with Crippen LogP contribution in [0, 0.1) is 11.3 Å². The first-order valence-corrected chi connectivity index (χ1v) is 6.74. The van der Waals surface area contributed by atoms with Crippen LogP contribution < -0.4 is 10.1 Å². The van der Waals surface area contributed by atoms with Crippen molar-refractivity contribution in [3.63, 3.8) is 0 Å². The molecule has 0 spiro atoms. The van der Waals surface area contributed by atoms with Crippen LogP contribution in [0.4, 0.5) is 0 Å². The second-order valence-corrected chi connectivity index (χ2v) is 5.01. The highest BCUT2D eigenvalue weighted by Crippen LogP contribution is 2.32. The maximum atomic E-state index is 9.31. The van der Waals surface area contributed by atoms with Crippen molar-refractivity contribution in [1.82, 2.24) is 5.32 Å². The summed E-state index contributed by atoms with van der Waals surface area (Å²) >= 11 is 0. The van der Waals surface area contributed by atoms with E-state index < -0.39 is 5.54 Å². The van der Waals surface area contributed by atoms with E-state index in [1.165, 1.54) is 0 Å². The van der Waals surface area contributed by atoms with Gasteiger partial charge in [-0.25, -0.2) is 0 Å². The summed E-state index contributed by atoms with van der Waals surface area (Å²) in [5.74, 6) is 0.766. The maximum Gasteiger partial charge on any atom is 0.120 e. The Balaban J connectivity index is 2.00. The average molecular weight is 260 g/mol. The Labute approximate surface area is 114 Å². The first kappa shape index (κ1) is 13.9. The monoisotopic (exact) mass is 260 g/mol. The Morgan fingerprint density at radius 3 is 3.11 bits per heavy atom. The molecule has 0 radical (unpaired) electrons. The van der Waals surface area contributed by atoms with Crippen LogP contribution in [0.15, 0.2) is 24.3 Å². The molecule has 2 rings (SSSR count). The average Bonchev–Trinajstić information content (AvgIpc) is 2.83. The fourth-order valence-electron chi connectivity index (χ4n) is 2.65. The number of aliphatic hydroxyl groups is 1. The fraction of sp³-hybridized carbons (Fsp3) is 0.533. The van der Waals surface area contributed by atoms with Gasteiger partial charge in [0, 0.05) is 6.42 Å². The van der Waals surface area contributed by atoms with Crippen LogP contribution in [0.5, 0.6) is 5.75 Å². The number of nitriles is 1. The van der Waals surface area contributed by atoms with Crippen LogP contribution in [-0.2, 0) is 6.61 Å². The lowest BCUT2D eigenvalue weighted by Crippen LogP contribution is -2.42. The first-order valence-electron chi connectivity index (χ1n) is 6.74. The van der Waals surface area contributed by atoms with Crippen molar-refractivity contribution in [2.45, 2.75) is 44.4 Å². The second-order valence-electron chi connectivity index (χ2n) is 5.01. The summed E-state index contributed by atoms with van der Waals surface area (Å²) in [4.78, 5) is 0. The summed E-state index contributed by atoms with van der Waals surface area (Å²) in [5, 5.41) is 21.7. The molecule has 1 aromatic rings. The third kappa shape index (κ3) is 3.25. The largest absolute Gasteiger partial charge is 0.490 e. The zero-order chi connectivity index (χ0) is 13.7. The summed E-state index contributed by atoms with van der Waals surface area (Å²) in [7, 11) is 0. The van der Waals surface area contributed by atoms with Gasteiger partial charge in [0.05, 0.1) is 12.7 Å². The van der Waals surface area contributed by atoms with Gasteiger partial charge in [-0.15, -0.1) is 0 Å². The molecule has 1 saturated carbocycles. The molecule has 0 saturated heterocycles. The molecule has 4 nitrogen and oxygen atoms in total. The second kappa shape index (κ2) is 6.05. The Morgan fingerprint density at radius 2 is 2.42 bits per heavy atom. The van der Waals surface area contributed by atoms with Gasteiger partial charge >= 0.3 is 0 Å². The summed E-state index contributed by atoms with van der Waals surface area (Å²) in [5.41, 5.74) is 0.405. The van der Waals surface area contributed by atoms with E-state index in [1.54, 1.807) is 0 Å². The number of nitrogens with zero attached hydrogens (tertiary/aromatic N) is 1.